The number of pyridine rings is 1. The minimum Gasteiger partial charge on any atom is -0.321 e. The maximum atomic E-state index is 12.8. The van der Waals surface area contributed by atoms with Crippen LogP contribution in [0, 0.1) is 0 Å². The second-order valence-corrected chi connectivity index (χ2v) is 11.2. The van der Waals surface area contributed by atoms with Crippen LogP contribution in [0.5, 0.6) is 0 Å². The second kappa shape index (κ2) is 9.87. The Bertz CT molecular complexity index is 1330. The summed E-state index contributed by atoms with van der Waals surface area (Å²) in [5.74, 6) is 0. The normalized spacial score (nSPS) is 14.9. The third kappa shape index (κ3) is 5.67. The molecule has 0 amide bonds. The molecule has 0 fully saturated rings. The maximum Gasteiger partial charge on any atom is 0.364 e. The molecule has 3 rings (SSSR count). The summed E-state index contributed by atoms with van der Waals surface area (Å²) in [6.45, 7) is 3.55. The van der Waals surface area contributed by atoms with E-state index in [1.165, 1.54) is 12.1 Å². The minimum absolute atomic E-state index is 0.0869. The van der Waals surface area contributed by atoms with Crippen LogP contribution in [0.15, 0.2) is 58.2 Å². The van der Waals surface area contributed by atoms with Gasteiger partial charge in [0, 0.05) is 17.4 Å². The van der Waals surface area contributed by atoms with Gasteiger partial charge in [0.25, 0.3) is 5.56 Å². The van der Waals surface area contributed by atoms with Gasteiger partial charge in [0.15, 0.2) is 0 Å². The van der Waals surface area contributed by atoms with Gasteiger partial charge in [0.2, 0.25) is 10.0 Å². The largest absolute Gasteiger partial charge is 0.364 e. The zero-order valence-corrected chi connectivity index (χ0v) is 20.0. The van der Waals surface area contributed by atoms with E-state index in [0.717, 1.165) is 11.6 Å². The number of sulfonamides is 1. The molecule has 172 valence electrons. The Morgan fingerprint density at radius 2 is 1.91 bits per heavy atom. The highest BCUT2D eigenvalue weighted by atomic mass is 35.5. The van der Waals surface area contributed by atoms with Gasteiger partial charge in [-0.25, -0.2) is 13.1 Å². The van der Waals surface area contributed by atoms with Crippen LogP contribution in [0.2, 0.25) is 5.02 Å². The van der Waals surface area contributed by atoms with Gasteiger partial charge < -0.3 is 14.4 Å². The summed E-state index contributed by atoms with van der Waals surface area (Å²) >= 11 is 6.18. The van der Waals surface area contributed by atoms with Crippen molar-refractivity contribution in [1.82, 2.24) is 9.71 Å². The predicted octanol–water partition coefficient (Wildman–Crippen LogP) is 3.33. The van der Waals surface area contributed by atoms with Gasteiger partial charge in [-0.2, -0.15) is 0 Å². The van der Waals surface area contributed by atoms with Crippen LogP contribution in [0.1, 0.15) is 25.8 Å². The van der Waals surface area contributed by atoms with Gasteiger partial charge in [-0.3, -0.25) is 9.36 Å². The third-order valence-corrected chi connectivity index (χ3v) is 8.43. The topological polar surface area (TPSA) is 126 Å². The molecule has 0 aliphatic carbocycles. The van der Waals surface area contributed by atoms with Crippen LogP contribution >= 0.6 is 19.2 Å². The maximum absolute atomic E-state index is 12.8. The Morgan fingerprint density at radius 3 is 2.56 bits per heavy atom. The van der Waals surface area contributed by atoms with E-state index in [4.69, 9.17) is 16.1 Å². The number of benzene rings is 2. The van der Waals surface area contributed by atoms with E-state index in [2.05, 4.69) is 9.71 Å². The number of H-pyrrole nitrogens is 1. The standard InChI is InChI=1S/C21H24ClN2O6PS/c1-3-14(2)30-31(26,27)19-11-16-12-20(17(22)13-18(16)24-21(19)25)32(28,29)23-10-9-15-7-5-4-6-8-15/h4-8,11-14,23H,3,9-10H2,1-2H3,(H,24,25)(H,26,27). The highest BCUT2D eigenvalue weighted by molar-refractivity contribution is 7.89. The van der Waals surface area contributed by atoms with Crippen molar-refractivity contribution in [3.63, 3.8) is 0 Å². The van der Waals surface area contributed by atoms with Gasteiger partial charge >= 0.3 is 7.60 Å². The van der Waals surface area contributed by atoms with Gasteiger partial charge in [0.1, 0.15) is 10.2 Å². The SMILES string of the molecule is CCC(C)OP(=O)(O)c1cc2cc(S(=O)(=O)NCCc3ccccc3)c(Cl)cc2[nH]c1=O. The summed E-state index contributed by atoms with van der Waals surface area (Å²) in [6, 6.07) is 13.1. The summed E-state index contributed by atoms with van der Waals surface area (Å²) in [5, 5.41) is -0.321. The first kappa shape index (κ1) is 24.6. The lowest BCUT2D eigenvalue weighted by atomic mass is 10.2. The fraction of sp³-hybridized carbons (Fsp3) is 0.286. The zero-order chi connectivity index (χ0) is 23.5. The van der Waals surface area contributed by atoms with Crippen molar-refractivity contribution in [2.24, 2.45) is 0 Å². The van der Waals surface area contributed by atoms with Crippen molar-refractivity contribution in [2.45, 2.75) is 37.7 Å². The summed E-state index contributed by atoms with van der Waals surface area (Å²) in [4.78, 5) is 24.9. The van der Waals surface area contributed by atoms with E-state index in [1.807, 2.05) is 30.3 Å². The third-order valence-electron chi connectivity index (χ3n) is 4.92. The second-order valence-electron chi connectivity index (χ2n) is 7.33. The molecule has 3 aromatic rings. The first-order valence-electron chi connectivity index (χ1n) is 9.95. The quantitative estimate of drug-likeness (QED) is 0.388. The van der Waals surface area contributed by atoms with Crippen LogP contribution in [0.4, 0.5) is 0 Å². The Labute approximate surface area is 191 Å². The smallest absolute Gasteiger partial charge is 0.321 e. The molecule has 2 aromatic carbocycles. The Hall–Kier alpha value is -2.00. The minimum atomic E-state index is -4.42. The molecule has 0 bridgehead atoms. The Balaban J connectivity index is 1.94. The van der Waals surface area contributed by atoms with Gasteiger partial charge in [-0.05, 0) is 43.5 Å². The van der Waals surface area contributed by atoms with Crippen molar-refractivity contribution in [2.75, 3.05) is 6.54 Å². The van der Waals surface area contributed by atoms with Crippen LogP contribution in [0.3, 0.4) is 0 Å². The van der Waals surface area contributed by atoms with Gasteiger partial charge in [0.05, 0.1) is 11.1 Å². The molecule has 0 spiro atoms. The molecule has 11 heteroatoms. The van der Waals surface area contributed by atoms with E-state index in [0.29, 0.717) is 12.8 Å². The van der Waals surface area contributed by atoms with Crippen molar-refractivity contribution < 1.29 is 22.4 Å². The summed E-state index contributed by atoms with van der Waals surface area (Å²) in [5.41, 5.74) is 0.400. The molecular weight excluding hydrogens is 475 g/mol. The van der Waals surface area contributed by atoms with E-state index in [-0.39, 0.29) is 27.4 Å². The fourth-order valence-electron chi connectivity index (χ4n) is 3.04. The lowest BCUT2D eigenvalue weighted by molar-refractivity contribution is 0.192. The molecule has 8 nitrogen and oxygen atoms in total. The monoisotopic (exact) mass is 498 g/mol. The van der Waals surface area contributed by atoms with Crippen molar-refractivity contribution in [1.29, 1.82) is 0 Å². The predicted molar refractivity (Wildman–Crippen MR) is 125 cm³/mol. The van der Waals surface area contributed by atoms with E-state index in [9.17, 15) is 22.7 Å². The first-order valence-corrected chi connectivity index (χ1v) is 13.4. The highest BCUT2D eigenvalue weighted by Gasteiger charge is 2.29. The van der Waals surface area contributed by atoms with Crippen LogP contribution in [0.25, 0.3) is 10.9 Å². The number of hydrogen-bond donors (Lipinski definition) is 3. The molecule has 0 saturated heterocycles. The molecule has 0 aliphatic heterocycles. The van der Waals surface area contributed by atoms with Crippen molar-refractivity contribution >= 4 is 45.4 Å². The van der Waals surface area contributed by atoms with Crippen LogP contribution < -0.4 is 15.6 Å². The first-order chi connectivity index (χ1) is 15.0. The van der Waals surface area contributed by atoms with Crippen molar-refractivity contribution in [3.8, 4) is 0 Å². The lowest BCUT2D eigenvalue weighted by Gasteiger charge is -2.17. The molecule has 2 unspecified atom stereocenters. The summed E-state index contributed by atoms with van der Waals surface area (Å²) in [7, 11) is -8.39. The highest BCUT2D eigenvalue weighted by Crippen LogP contribution is 2.42. The molecule has 0 aliphatic rings. The Kier molecular flexibility index (Phi) is 7.60. The summed E-state index contributed by atoms with van der Waals surface area (Å²) in [6.07, 6.45) is 0.419. The zero-order valence-electron chi connectivity index (χ0n) is 17.5. The molecule has 1 aromatic heterocycles. The van der Waals surface area contributed by atoms with Gasteiger partial charge in [-0.1, -0.05) is 48.9 Å². The van der Waals surface area contributed by atoms with Crippen LogP contribution in [-0.4, -0.2) is 30.9 Å². The molecule has 0 saturated carbocycles. The molecule has 32 heavy (non-hydrogen) atoms. The number of aromatic amines is 1. The molecule has 3 N–H and O–H groups in total. The average Bonchev–Trinajstić information content (AvgIpc) is 2.72. The number of aromatic nitrogens is 1. The summed E-state index contributed by atoms with van der Waals surface area (Å²) < 4.78 is 45.9. The van der Waals surface area contributed by atoms with E-state index < -0.39 is 34.6 Å². The number of nitrogens with one attached hydrogen (secondary N) is 2. The molecular formula is C21H24ClN2O6PS. The number of hydrogen-bond acceptors (Lipinski definition) is 5. The van der Waals surface area contributed by atoms with E-state index >= 15 is 0 Å². The number of halogens is 1. The number of fused-ring (bicyclic) bond motifs is 1. The van der Waals surface area contributed by atoms with Crippen LogP contribution in [-0.2, 0) is 25.5 Å². The molecule has 0 radical (unpaired) electrons. The molecule has 1 heterocycles. The number of rotatable bonds is 9. The molecule has 2 atom stereocenters. The van der Waals surface area contributed by atoms with E-state index in [1.54, 1.807) is 13.8 Å². The Morgan fingerprint density at radius 1 is 1.22 bits per heavy atom. The average molecular weight is 499 g/mol. The van der Waals surface area contributed by atoms with Gasteiger partial charge in [-0.15, -0.1) is 0 Å². The van der Waals surface area contributed by atoms with Crippen molar-refractivity contribution in [3.05, 3.63) is 69.5 Å². The fourth-order valence-corrected chi connectivity index (χ4v) is 6.00. The lowest BCUT2D eigenvalue weighted by Crippen LogP contribution is -2.29.